The lowest BCUT2D eigenvalue weighted by atomic mass is 10.2. The minimum Gasteiger partial charge on any atom is -0.349 e. The van der Waals surface area contributed by atoms with Gasteiger partial charge in [-0.05, 0) is 18.1 Å². The number of ether oxygens (including phenoxy) is 1. The minimum absolute atomic E-state index is 0.318. The fraction of sp³-hybridized carbons (Fsp3) is 0.538. The Bertz CT molecular complexity index is 518. The summed E-state index contributed by atoms with van der Waals surface area (Å²) in [6.07, 6.45) is 3.26. The Labute approximate surface area is 118 Å². The Morgan fingerprint density at radius 2 is 2.11 bits per heavy atom. The molecule has 0 spiro atoms. The molecule has 1 aliphatic heterocycles. The predicted molar refractivity (Wildman–Crippen MR) is 77.3 cm³/mol. The Kier molecular flexibility index (Phi) is 4.55. The van der Waals surface area contributed by atoms with E-state index < -0.39 is 14.3 Å². The van der Waals surface area contributed by atoms with Gasteiger partial charge in [0, 0.05) is 17.9 Å². The van der Waals surface area contributed by atoms with E-state index in [0.717, 1.165) is 29.7 Å². The zero-order chi connectivity index (χ0) is 13.9. The van der Waals surface area contributed by atoms with Crippen LogP contribution in [0.2, 0.25) is 0 Å². The van der Waals surface area contributed by atoms with Crippen LogP contribution in [0.3, 0.4) is 0 Å². The summed E-state index contributed by atoms with van der Waals surface area (Å²) >= 11 is 1.21. The van der Waals surface area contributed by atoms with Crippen LogP contribution >= 0.6 is 11.8 Å². The average Bonchev–Trinajstić information content (AvgIpc) is 2.74. The van der Waals surface area contributed by atoms with E-state index in [2.05, 4.69) is 6.92 Å². The molecule has 0 bridgehead atoms. The molecule has 0 saturated carbocycles. The number of rotatable bonds is 6. The molecule has 1 aliphatic rings. The number of hydrogen-bond acceptors (Lipinski definition) is 4. The van der Waals surface area contributed by atoms with Crippen LogP contribution in [0, 0.1) is 0 Å². The molecule has 0 aromatic heterocycles. The summed E-state index contributed by atoms with van der Waals surface area (Å²) in [6.45, 7) is 2.51. The maximum absolute atomic E-state index is 11.9. The first kappa shape index (κ1) is 14.8. The summed E-state index contributed by atoms with van der Waals surface area (Å²) in [7, 11) is -3.78. The molecule has 106 valence electrons. The average molecular weight is 301 g/mol. The first-order chi connectivity index (χ1) is 8.98. The highest BCUT2D eigenvalue weighted by molar-refractivity contribution is 8.14. The SMILES string of the molecule is CCCCCOC1(S(N)(=O)=O)Cc2ccccc2S1. The Balaban J connectivity index is 2.16. The van der Waals surface area contributed by atoms with Crippen molar-refractivity contribution in [2.45, 2.75) is 41.8 Å². The molecule has 4 nitrogen and oxygen atoms in total. The number of nitrogens with two attached hydrogens (primary N) is 1. The Morgan fingerprint density at radius 1 is 1.37 bits per heavy atom. The van der Waals surface area contributed by atoms with Crippen molar-refractivity contribution in [3.05, 3.63) is 29.8 Å². The maximum Gasteiger partial charge on any atom is 0.249 e. The predicted octanol–water partition coefficient (Wildman–Crippen LogP) is 2.48. The van der Waals surface area contributed by atoms with Crippen molar-refractivity contribution in [2.75, 3.05) is 6.61 Å². The van der Waals surface area contributed by atoms with E-state index in [1.165, 1.54) is 11.8 Å². The quantitative estimate of drug-likeness (QED) is 0.820. The van der Waals surface area contributed by atoms with E-state index in [1.54, 1.807) is 0 Å². The molecule has 0 aliphatic carbocycles. The van der Waals surface area contributed by atoms with Gasteiger partial charge >= 0.3 is 0 Å². The summed E-state index contributed by atoms with van der Waals surface area (Å²) in [5.74, 6) is 0. The lowest BCUT2D eigenvalue weighted by Crippen LogP contribution is -2.43. The van der Waals surface area contributed by atoms with Gasteiger partial charge in [0.05, 0.1) is 0 Å². The second-order valence-corrected chi connectivity index (χ2v) is 7.98. The van der Waals surface area contributed by atoms with E-state index in [1.807, 2.05) is 24.3 Å². The van der Waals surface area contributed by atoms with Crippen LogP contribution in [0.5, 0.6) is 0 Å². The highest BCUT2D eigenvalue weighted by atomic mass is 32.3. The van der Waals surface area contributed by atoms with Gasteiger partial charge < -0.3 is 4.74 Å². The number of fused-ring (bicyclic) bond motifs is 1. The molecular formula is C13H19NO3S2. The number of benzene rings is 1. The molecule has 0 radical (unpaired) electrons. The van der Waals surface area contributed by atoms with E-state index in [4.69, 9.17) is 9.88 Å². The number of thioether (sulfide) groups is 1. The van der Waals surface area contributed by atoms with Gasteiger partial charge in [-0.2, -0.15) is 0 Å². The molecule has 19 heavy (non-hydrogen) atoms. The van der Waals surface area contributed by atoms with Crippen molar-refractivity contribution in [2.24, 2.45) is 5.14 Å². The second-order valence-electron chi connectivity index (χ2n) is 4.67. The van der Waals surface area contributed by atoms with E-state index in [-0.39, 0.29) is 0 Å². The minimum atomic E-state index is -3.78. The van der Waals surface area contributed by atoms with Crippen molar-refractivity contribution in [1.29, 1.82) is 0 Å². The zero-order valence-electron chi connectivity index (χ0n) is 11.0. The van der Waals surface area contributed by atoms with Crippen molar-refractivity contribution in [1.82, 2.24) is 0 Å². The smallest absolute Gasteiger partial charge is 0.249 e. The normalized spacial score (nSPS) is 22.4. The second kappa shape index (κ2) is 5.83. The molecular weight excluding hydrogens is 282 g/mol. The molecule has 6 heteroatoms. The summed E-state index contributed by atoms with van der Waals surface area (Å²) in [5.41, 5.74) is 0.983. The molecule has 1 atom stereocenters. The third-order valence-electron chi connectivity index (χ3n) is 3.15. The van der Waals surface area contributed by atoms with Gasteiger partial charge in [0.25, 0.3) is 0 Å². The summed E-state index contributed by atoms with van der Waals surface area (Å²) < 4.78 is 28.2. The van der Waals surface area contributed by atoms with Crippen LogP contribution in [0.4, 0.5) is 0 Å². The van der Waals surface area contributed by atoms with Crippen molar-refractivity contribution in [3.63, 3.8) is 0 Å². The zero-order valence-corrected chi connectivity index (χ0v) is 12.6. The number of primary sulfonamides is 1. The van der Waals surface area contributed by atoms with Crippen LogP contribution in [-0.2, 0) is 21.2 Å². The highest BCUT2D eigenvalue weighted by Gasteiger charge is 2.49. The Hall–Kier alpha value is -0.560. The molecule has 1 heterocycles. The summed E-state index contributed by atoms with van der Waals surface area (Å²) in [4.78, 5) is 0.937. The number of hydrogen-bond donors (Lipinski definition) is 1. The molecule has 2 N–H and O–H groups in total. The van der Waals surface area contributed by atoms with E-state index >= 15 is 0 Å². The molecule has 0 amide bonds. The fourth-order valence-electron chi connectivity index (χ4n) is 2.09. The van der Waals surface area contributed by atoms with Crippen LogP contribution in [-0.4, -0.2) is 19.3 Å². The Morgan fingerprint density at radius 3 is 2.74 bits per heavy atom. The van der Waals surface area contributed by atoms with Crippen molar-refractivity contribution >= 4 is 21.8 Å². The van der Waals surface area contributed by atoms with Gasteiger partial charge in [0.1, 0.15) is 0 Å². The highest BCUT2D eigenvalue weighted by Crippen LogP contribution is 2.48. The summed E-state index contributed by atoms with van der Waals surface area (Å²) in [5, 5.41) is 5.40. The van der Waals surface area contributed by atoms with Crippen LogP contribution in [0.25, 0.3) is 0 Å². The third-order valence-corrected chi connectivity index (χ3v) is 6.42. The first-order valence-electron chi connectivity index (χ1n) is 6.42. The topological polar surface area (TPSA) is 69.4 Å². The van der Waals surface area contributed by atoms with Gasteiger partial charge in [-0.15, -0.1) is 0 Å². The van der Waals surface area contributed by atoms with E-state index in [9.17, 15) is 8.42 Å². The molecule has 2 rings (SSSR count). The van der Waals surface area contributed by atoms with Crippen molar-refractivity contribution in [3.8, 4) is 0 Å². The van der Waals surface area contributed by atoms with Gasteiger partial charge in [-0.25, -0.2) is 13.6 Å². The maximum atomic E-state index is 11.9. The lowest BCUT2D eigenvalue weighted by Gasteiger charge is -2.25. The van der Waals surface area contributed by atoms with Crippen LogP contribution < -0.4 is 5.14 Å². The van der Waals surface area contributed by atoms with Crippen LogP contribution in [0.15, 0.2) is 29.2 Å². The monoisotopic (exact) mass is 301 g/mol. The lowest BCUT2D eigenvalue weighted by molar-refractivity contribution is 0.0810. The molecule has 1 unspecified atom stereocenters. The van der Waals surface area contributed by atoms with Crippen LogP contribution in [0.1, 0.15) is 31.7 Å². The van der Waals surface area contributed by atoms with Gasteiger partial charge in [0.2, 0.25) is 14.3 Å². The third kappa shape index (κ3) is 3.13. The molecule has 1 aromatic rings. The standard InChI is InChI=1S/C13H19NO3S2/c1-2-3-6-9-17-13(19(14,15)16)10-11-7-4-5-8-12(11)18-13/h4-5,7-8H,2-3,6,9-10H2,1H3,(H2,14,15,16). The molecule has 0 saturated heterocycles. The molecule has 1 aromatic carbocycles. The van der Waals surface area contributed by atoms with Crippen molar-refractivity contribution < 1.29 is 13.2 Å². The number of sulfonamides is 1. The summed E-state index contributed by atoms with van der Waals surface area (Å²) in [6, 6.07) is 7.62. The van der Waals surface area contributed by atoms with Gasteiger partial charge in [-0.3, -0.25) is 0 Å². The number of unbranched alkanes of at least 4 members (excludes halogenated alkanes) is 2. The first-order valence-corrected chi connectivity index (χ1v) is 8.78. The van der Waals surface area contributed by atoms with Gasteiger partial charge in [0.15, 0.2) is 0 Å². The van der Waals surface area contributed by atoms with Gasteiger partial charge in [-0.1, -0.05) is 49.7 Å². The largest absolute Gasteiger partial charge is 0.349 e. The molecule has 0 fully saturated rings. The van der Waals surface area contributed by atoms with E-state index in [0.29, 0.717) is 13.0 Å². The fourth-order valence-corrected chi connectivity index (χ4v) is 4.55.